The molecule has 1 aromatic carbocycles. The van der Waals surface area contributed by atoms with Crippen molar-refractivity contribution in [2.45, 2.75) is 13.0 Å². The average molecular weight is 216 g/mol. The lowest BCUT2D eigenvalue weighted by atomic mass is 10.0. The van der Waals surface area contributed by atoms with E-state index in [-0.39, 0.29) is 5.97 Å². The van der Waals surface area contributed by atoms with Crippen molar-refractivity contribution in [1.82, 2.24) is 0 Å². The van der Waals surface area contributed by atoms with Crippen LogP contribution < -0.4 is 0 Å². The summed E-state index contributed by atoms with van der Waals surface area (Å²) in [5, 5.41) is 7.66. The van der Waals surface area contributed by atoms with Crippen molar-refractivity contribution in [2.75, 3.05) is 6.61 Å². The van der Waals surface area contributed by atoms with Gasteiger partial charge >= 0.3 is 5.97 Å². The van der Waals surface area contributed by atoms with Gasteiger partial charge in [-0.1, -0.05) is 30.3 Å². The van der Waals surface area contributed by atoms with Gasteiger partial charge in [0, 0.05) is 5.57 Å². The number of nitrogens with zero attached hydrogens (tertiary/aromatic N) is 2. The molecule has 0 N–H and O–H groups in total. The third-order valence-electron chi connectivity index (χ3n) is 2.29. The quantitative estimate of drug-likeness (QED) is 0.728. The molecule has 0 spiro atoms. The molecular formula is C12H12N2O2. The topological polar surface area (TPSA) is 51.0 Å². The van der Waals surface area contributed by atoms with E-state index < -0.39 is 6.04 Å². The molecule has 82 valence electrons. The summed E-state index contributed by atoms with van der Waals surface area (Å²) < 4.78 is 4.94. The number of carbonyl (C=O) groups is 1. The summed E-state index contributed by atoms with van der Waals surface area (Å²) in [5.74, 6) is -0.348. The molecule has 0 fully saturated rings. The second-order valence-corrected chi connectivity index (χ2v) is 3.34. The smallest absolute Gasteiger partial charge is 0.337 e. The van der Waals surface area contributed by atoms with Gasteiger partial charge < -0.3 is 4.74 Å². The fraction of sp³-hybridized carbons (Fsp3) is 0.250. The third kappa shape index (κ3) is 2.00. The lowest BCUT2D eigenvalue weighted by molar-refractivity contribution is -0.143. The van der Waals surface area contributed by atoms with Crippen LogP contribution in [0.2, 0.25) is 0 Å². The molecule has 4 nitrogen and oxygen atoms in total. The van der Waals surface area contributed by atoms with Gasteiger partial charge in [0.05, 0.1) is 12.8 Å². The average Bonchev–Trinajstić information content (AvgIpc) is 2.79. The second kappa shape index (κ2) is 4.70. The largest absolute Gasteiger partial charge is 0.464 e. The number of benzene rings is 1. The molecule has 1 aromatic rings. The molecule has 0 saturated heterocycles. The molecule has 0 bridgehead atoms. The van der Waals surface area contributed by atoms with Crippen molar-refractivity contribution in [3.63, 3.8) is 0 Å². The standard InChI is InChI=1S/C12H12N2O2/c1-2-16-12(15)11-10(8-13-14-11)9-6-4-3-5-7-9/h3-8,11H,2H2,1H3/t11-/m0/s1. The summed E-state index contributed by atoms with van der Waals surface area (Å²) >= 11 is 0. The minimum Gasteiger partial charge on any atom is -0.464 e. The summed E-state index contributed by atoms with van der Waals surface area (Å²) in [7, 11) is 0. The van der Waals surface area contributed by atoms with Crippen LogP contribution in [0.15, 0.2) is 46.8 Å². The fourth-order valence-electron chi connectivity index (χ4n) is 1.55. The fourth-order valence-corrected chi connectivity index (χ4v) is 1.55. The molecular weight excluding hydrogens is 204 g/mol. The van der Waals surface area contributed by atoms with Crippen molar-refractivity contribution < 1.29 is 9.53 Å². The predicted molar refractivity (Wildman–Crippen MR) is 59.7 cm³/mol. The van der Waals surface area contributed by atoms with Gasteiger partial charge in [0.2, 0.25) is 0 Å². The minimum absolute atomic E-state index is 0.348. The van der Waals surface area contributed by atoms with Crippen LogP contribution in [0, 0.1) is 0 Å². The lowest BCUT2D eigenvalue weighted by Gasteiger charge is -2.10. The maximum Gasteiger partial charge on any atom is 0.337 e. The number of rotatable bonds is 3. The first-order valence-corrected chi connectivity index (χ1v) is 5.15. The monoisotopic (exact) mass is 216 g/mol. The Bertz CT molecular complexity index is 438. The molecule has 1 heterocycles. The number of hydrogen-bond donors (Lipinski definition) is 0. The van der Waals surface area contributed by atoms with E-state index in [9.17, 15) is 4.79 Å². The molecule has 0 aromatic heterocycles. The Labute approximate surface area is 93.6 Å². The van der Waals surface area contributed by atoms with Crippen LogP contribution in [0.3, 0.4) is 0 Å². The molecule has 0 unspecified atom stereocenters. The van der Waals surface area contributed by atoms with Crippen molar-refractivity contribution in [2.24, 2.45) is 10.2 Å². The summed E-state index contributed by atoms with van der Waals surface area (Å²) in [4.78, 5) is 11.6. The third-order valence-corrected chi connectivity index (χ3v) is 2.29. The Morgan fingerprint density at radius 2 is 2.12 bits per heavy atom. The van der Waals surface area contributed by atoms with Crippen LogP contribution in [0.1, 0.15) is 12.5 Å². The number of ether oxygens (including phenoxy) is 1. The first-order chi connectivity index (χ1) is 7.83. The normalized spacial score (nSPS) is 18.3. The summed E-state index contributed by atoms with van der Waals surface area (Å²) in [5.41, 5.74) is 1.74. The van der Waals surface area contributed by atoms with Crippen molar-refractivity contribution in [3.8, 4) is 0 Å². The van der Waals surface area contributed by atoms with Gasteiger partial charge in [-0.25, -0.2) is 4.79 Å². The molecule has 0 amide bonds. The van der Waals surface area contributed by atoms with Gasteiger partial charge in [0.1, 0.15) is 0 Å². The molecule has 2 rings (SSSR count). The number of carbonyl (C=O) groups excluding carboxylic acids is 1. The molecule has 1 aliphatic rings. The van der Waals surface area contributed by atoms with Gasteiger partial charge in [0.25, 0.3) is 0 Å². The van der Waals surface area contributed by atoms with E-state index in [1.165, 1.54) is 0 Å². The molecule has 1 aliphatic heterocycles. The lowest BCUT2D eigenvalue weighted by Crippen LogP contribution is -2.21. The number of azo groups is 1. The van der Waals surface area contributed by atoms with Gasteiger partial charge in [-0.05, 0) is 12.5 Å². The molecule has 4 heteroatoms. The van der Waals surface area contributed by atoms with Crippen LogP contribution >= 0.6 is 0 Å². The molecule has 0 aliphatic carbocycles. The Balaban J connectivity index is 2.21. The van der Waals surface area contributed by atoms with Crippen LogP contribution in [-0.4, -0.2) is 18.6 Å². The van der Waals surface area contributed by atoms with Gasteiger partial charge in [-0.15, -0.1) is 0 Å². The zero-order valence-electron chi connectivity index (χ0n) is 8.96. The van der Waals surface area contributed by atoms with Crippen molar-refractivity contribution in [3.05, 3.63) is 42.1 Å². The maximum atomic E-state index is 11.6. The van der Waals surface area contributed by atoms with Crippen LogP contribution in [-0.2, 0) is 9.53 Å². The molecule has 0 radical (unpaired) electrons. The molecule has 16 heavy (non-hydrogen) atoms. The van der Waals surface area contributed by atoms with E-state index in [4.69, 9.17) is 4.74 Å². The highest BCUT2D eigenvalue weighted by atomic mass is 16.5. The Morgan fingerprint density at radius 3 is 2.81 bits per heavy atom. The predicted octanol–water partition coefficient (Wildman–Crippen LogP) is 2.43. The zero-order chi connectivity index (χ0) is 11.4. The van der Waals surface area contributed by atoms with E-state index >= 15 is 0 Å². The van der Waals surface area contributed by atoms with Gasteiger partial charge in [-0.3, -0.25) is 0 Å². The first kappa shape index (κ1) is 10.5. The minimum atomic E-state index is -0.609. The van der Waals surface area contributed by atoms with E-state index in [1.807, 2.05) is 30.3 Å². The highest BCUT2D eigenvalue weighted by molar-refractivity contribution is 5.93. The van der Waals surface area contributed by atoms with Crippen molar-refractivity contribution >= 4 is 11.5 Å². The molecule has 0 saturated carbocycles. The first-order valence-electron chi connectivity index (χ1n) is 5.15. The SMILES string of the molecule is CCOC(=O)[C@H]1N=NC=C1c1ccccc1. The highest BCUT2D eigenvalue weighted by Crippen LogP contribution is 2.26. The van der Waals surface area contributed by atoms with E-state index in [2.05, 4.69) is 10.2 Å². The van der Waals surface area contributed by atoms with E-state index in [1.54, 1.807) is 13.1 Å². The summed E-state index contributed by atoms with van der Waals surface area (Å²) in [6.45, 7) is 2.13. The van der Waals surface area contributed by atoms with Crippen LogP contribution in [0.4, 0.5) is 0 Å². The van der Waals surface area contributed by atoms with E-state index in [0.717, 1.165) is 11.1 Å². The zero-order valence-corrected chi connectivity index (χ0v) is 8.96. The van der Waals surface area contributed by atoms with Crippen LogP contribution in [0.5, 0.6) is 0 Å². The van der Waals surface area contributed by atoms with Gasteiger partial charge in [-0.2, -0.15) is 10.2 Å². The van der Waals surface area contributed by atoms with E-state index in [0.29, 0.717) is 6.61 Å². The summed E-state index contributed by atoms with van der Waals surface area (Å²) in [6.07, 6.45) is 1.61. The Kier molecular flexibility index (Phi) is 3.10. The summed E-state index contributed by atoms with van der Waals surface area (Å²) in [6, 6.07) is 8.99. The van der Waals surface area contributed by atoms with Crippen LogP contribution in [0.25, 0.3) is 5.57 Å². The van der Waals surface area contributed by atoms with Crippen molar-refractivity contribution in [1.29, 1.82) is 0 Å². The number of esters is 1. The Morgan fingerprint density at radius 1 is 1.38 bits per heavy atom. The molecule has 1 atom stereocenters. The van der Waals surface area contributed by atoms with Gasteiger partial charge in [0.15, 0.2) is 6.04 Å². The second-order valence-electron chi connectivity index (χ2n) is 3.34. The Hall–Kier alpha value is -1.97. The highest BCUT2D eigenvalue weighted by Gasteiger charge is 2.27. The maximum absolute atomic E-state index is 11.6. The number of hydrogen-bond acceptors (Lipinski definition) is 4.